The first-order valence-corrected chi connectivity index (χ1v) is 6.67. The molecule has 0 spiro atoms. The predicted molar refractivity (Wildman–Crippen MR) is 50.1 cm³/mol. The van der Waals surface area contributed by atoms with Crippen molar-refractivity contribution in [3.8, 4) is 0 Å². The van der Waals surface area contributed by atoms with Crippen molar-refractivity contribution in [3.63, 3.8) is 0 Å². The zero-order valence-corrected chi connectivity index (χ0v) is 8.80. The van der Waals surface area contributed by atoms with E-state index in [2.05, 4.69) is 0 Å². The van der Waals surface area contributed by atoms with E-state index in [1.807, 2.05) is 0 Å². The van der Waals surface area contributed by atoms with Crippen molar-refractivity contribution in [2.24, 2.45) is 5.92 Å². The van der Waals surface area contributed by atoms with E-state index in [1.165, 1.54) is 6.42 Å². The topological polar surface area (TPSA) is 43.4 Å². The summed E-state index contributed by atoms with van der Waals surface area (Å²) in [6.07, 6.45) is 4.80. The normalized spacial score (nSPS) is 38.2. The quantitative estimate of drug-likeness (QED) is 0.667. The third kappa shape index (κ3) is 2.45. The number of hydrogen-bond donors (Lipinski definition) is 0. The van der Waals surface area contributed by atoms with Crippen molar-refractivity contribution < 1.29 is 17.0 Å². The van der Waals surface area contributed by atoms with Gasteiger partial charge in [-0.15, -0.1) is 3.89 Å². The van der Waals surface area contributed by atoms with E-state index in [4.69, 9.17) is 4.74 Å². The minimum Gasteiger partial charge on any atom is -0.374 e. The Morgan fingerprint density at radius 2 is 2.00 bits per heavy atom. The monoisotopic (exact) mass is 222 g/mol. The molecular formula is C9H15FO3S. The van der Waals surface area contributed by atoms with Crippen LogP contribution in [0, 0.1) is 5.92 Å². The molecule has 0 amide bonds. The van der Waals surface area contributed by atoms with Crippen molar-refractivity contribution in [3.05, 3.63) is 0 Å². The minimum absolute atomic E-state index is 0.190. The molecule has 1 saturated carbocycles. The van der Waals surface area contributed by atoms with Crippen LogP contribution in [0.1, 0.15) is 32.1 Å². The van der Waals surface area contributed by atoms with Gasteiger partial charge in [0.1, 0.15) is 5.75 Å². The second-order valence-electron chi connectivity index (χ2n) is 4.27. The molecule has 3 nitrogen and oxygen atoms in total. The van der Waals surface area contributed by atoms with Gasteiger partial charge in [0.15, 0.2) is 0 Å². The number of ether oxygens (including phenoxy) is 1. The maximum absolute atomic E-state index is 12.4. The molecule has 2 rings (SSSR count). The Balaban J connectivity index is 1.91. The minimum atomic E-state index is -4.38. The highest BCUT2D eigenvalue weighted by molar-refractivity contribution is 7.86. The van der Waals surface area contributed by atoms with Gasteiger partial charge >= 0.3 is 10.2 Å². The van der Waals surface area contributed by atoms with Gasteiger partial charge in [-0.25, -0.2) is 0 Å². The summed E-state index contributed by atoms with van der Waals surface area (Å²) in [7, 11) is -4.38. The van der Waals surface area contributed by atoms with Gasteiger partial charge in [0.05, 0.1) is 12.2 Å². The molecule has 3 atom stereocenters. The Hall–Kier alpha value is -0.160. The molecule has 0 aromatic carbocycles. The highest BCUT2D eigenvalue weighted by Crippen LogP contribution is 2.37. The summed E-state index contributed by atoms with van der Waals surface area (Å²) in [4.78, 5) is 0. The molecule has 0 aromatic heterocycles. The first-order chi connectivity index (χ1) is 6.54. The summed E-state index contributed by atoms with van der Waals surface area (Å²) < 4.78 is 38.9. The number of hydrogen-bond acceptors (Lipinski definition) is 3. The number of rotatable bonds is 2. The summed E-state index contributed by atoms with van der Waals surface area (Å²) in [6, 6.07) is 0. The smallest absolute Gasteiger partial charge is 0.304 e. The molecule has 0 radical (unpaired) electrons. The second kappa shape index (κ2) is 3.77. The Kier molecular flexibility index (Phi) is 2.79. The zero-order valence-electron chi connectivity index (χ0n) is 7.99. The predicted octanol–water partition coefficient (Wildman–Crippen LogP) is 1.63. The Morgan fingerprint density at radius 1 is 1.21 bits per heavy atom. The van der Waals surface area contributed by atoms with Gasteiger partial charge in [0.2, 0.25) is 0 Å². The summed E-state index contributed by atoms with van der Waals surface area (Å²) >= 11 is 0. The third-order valence-electron chi connectivity index (χ3n) is 3.20. The van der Waals surface area contributed by atoms with Crippen LogP contribution in [0.15, 0.2) is 0 Å². The number of fused-ring (bicyclic) bond motifs is 1. The van der Waals surface area contributed by atoms with Crippen molar-refractivity contribution in [1.29, 1.82) is 0 Å². The van der Waals surface area contributed by atoms with Gasteiger partial charge in [-0.1, -0.05) is 6.42 Å². The Morgan fingerprint density at radius 3 is 2.71 bits per heavy atom. The van der Waals surface area contributed by atoms with Crippen LogP contribution in [0.3, 0.4) is 0 Å². The largest absolute Gasteiger partial charge is 0.374 e. The molecule has 0 bridgehead atoms. The van der Waals surface area contributed by atoms with Crippen LogP contribution in [0.25, 0.3) is 0 Å². The van der Waals surface area contributed by atoms with Gasteiger partial charge in [-0.3, -0.25) is 0 Å². The van der Waals surface area contributed by atoms with Crippen LogP contribution >= 0.6 is 0 Å². The van der Waals surface area contributed by atoms with E-state index in [-0.39, 0.29) is 6.10 Å². The molecular weight excluding hydrogens is 207 g/mol. The van der Waals surface area contributed by atoms with E-state index in [9.17, 15) is 12.3 Å². The second-order valence-corrected chi connectivity index (χ2v) is 5.68. The fourth-order valence-corrected chi connectivity index (χ4v) is 3.26. The zero-order chi connectivity index (χ0) is 10.2. The molecule has 1 heterocycles. The maximum Gasteiger partial charge on any atom is 0.304 e. The fraction of sp³-hybridized carbons (Fsp3) is 1.00. The van der Waals surface area contributed by atoms with Crippen molar-refractivity contribution in [2.75, 3.05) is 5.75 Å². The van der Waals surface area contributed by atoms with Gasteiger partial charge in [0, 0.05) is 0 Å². The highest BCUT2D eigenvalue weighted by Gasteiger charge is 2.36. The average molecular weight is 222 g/mol. The molecule has 1 aliphatic heterocycles. The molecule has 1 aliphatic carbocycles. The van der Waals surface area contributed by atoms with Crippen LogP contribution in [0.2, 0.25) is 0 Å². The van der Waals surface area contributed by atoms with Gasteiger partial charge < -0.3 is 4.74 Å². The van der Waals surface area contributed by atoms with Crippen LogP contribution in [0.5, 0.6) is 0 Å². The molecule has 5 heteroatoms. The summed E-state index contributed by atoms with van der Waals surface area (Å²) in [5.74, 6) is 0.129. The standard InChI is InChI=1S/C9H15FO3S/c10-14(11,12)6-8-5-4-7-2-1-3-9(7)13-8/h7-9H,1-6H2. The summed E-state index contributed by atoms with van der Waals surface area (Å²) in [6.45, 7) is 0. The lowest BCUT2D eigenvalue weighted by molar-refractivity contribution is -0.0592. The molecule has 0 N–H and O–H groups in total. The molecule has 0 aromatic rings. The lowest BCUT2D eigenvalue weighted by Gasteiger charge is -2.31. The maximum atomic E-state index is 12.4. The van der Waals surface area contributed by atoms with Crippen LogP contribution in [0.4, 0.5) is 3.89 Å². The average Bonchev–Trinajstić information content (AvgIpc) is 2.47. The molecule has 2 fully saturated rings. The summed E-state index contributed by atoms with van der Waals surface area (Å²) in [5, 5.41) is 0. The van der Waals surface area contributed by atoms with Gasteiger partial charge in [-0.05, 0) is 31.6 Å². The highest BCUT2D eigenvalue weighted by atomic mass is 32.3. The van der Waals surface area contributed by atoms with Crippen LogP contribution in [-0.4, -0.2) is 26.4 Å². The van der Waals surface area contributed by atoms with E-state index in [0.717, 1.165) is 19.3 Å². The SMILES string of the molecule is O=S(=O)(F)CC1CCC2CCCC2O1. The van der Waals surface area contributed by atoms with Crippen molar-refractivity contribution in [1.82, 2.24) is 0 Å². The van der Waals surface area contributed by atoms with E-state index < -0.39 is 22.1 Å². The van der Waals surface area contributed by atoms with Crippen molar-refractivity contribution in [2.45, 2.75) is 44.3 Å². The third-order valence-corrected chi connectivity index (χ3v) is 3.97. The molecule has 2 aliphatic rings. The Bertz CT molecular complexity index is 301. The Labute approximate surface area is 83.8 Å². The van der Waals surface area contributed by atoms with Crippen LogP contribution < -0.4 is 0 Å². The van der Waals surface area contributed by atoms with Crippen LogP contribution in [-0.2, 0) is 15.0 Å². The summed E-state index contributed by atoms with van der Waals surface area (Å²) in [5.41, 5.74) is 0. The molecule has 82 valence electrons. The first kappa shape index (κ1) is 10.4. The first-order valence-electron chi connectivity index (χ1n) is 5.12. The molecule has 14 heavy (non-hydrogen) atoms. The van der Waals surface area contributed by atoms with E-state index >= 15 is 0 Å². The number of halogens is 1. The van der Waals surface area contributed by atoms with Gasteiger partial charge in [0.25, 0.3) is 0 Å². The van der Waals surface area contributed by atoms with E-state index in [0.29, 0.717) is 12.3 Å². The lowest BCUT2D eigenvalue weighted by Crippen LogP contribution is -2.35. The lowest BCUT2D eigenvalue weighted by atomic mass is 9.94. The molecule has 3 unspecified atom stereocenters. The van der Waals surface area contributed by atoms with Gasteiger partial charge in [-0.2, -0.15) is 8.42 Å². The fourth-order valence-electron chi connectivity index (χ4n) is 2.57. The van der Waals surface area contributed by atoms with E-state index in [1.54, 1.807) is 0 Å². The van der Waals surface area contributed by atoms with Crippen molar-refractivity contribution >= 4 is 10.2 Å². The molecule has 1 saturated heterocycles.